The molecule has 5 nitrogen and oxygen atoms in total. The first-order chi connectivity index (χ1) is 13.9. The average molecular weight is 539 g/mol. The highest BCUT2D eigenvalue weighted by Crippen LogP contribution is 2.60. The van der Waals surface area contributed by atoms with Crippen LogP contribution >= 0.6 is 24.0 Å². The van der Waals surface area contributed by atoms with Gasteiger partial charge < -0.3 is 10.6 Å². The van der Waals surface area contributed by atoms with Gasteiger partial charge >= 0.3 is 0 Å². The number of nitrogens with zero attached hydrogens (tertiary/aromatic N) is 1. The van der Waals surface area contributed by atoms with Crippen molar-refractivity contribution in [3.8, 4) is 0 Å². The average Bonchev–Trinajstić information content (AvgIpc) is 3.20. The molecule has 30 heavy (non-hydrogen) atoms. The number of rotatable bonds is 6. The highest BCUT2D eigenvalue weighted by Gasteiger charge is 2.54. The van der Waals surface area contributed by atoms with Gasteiger partial charge in [-0.15, -0.1) is 24.0 Å². The monoisotopic (exact) mass is 539 g/mol. The zero-order chi connectivity index (χ0) is 20.6. The zero-order valence-corrected chi connectivity index (χ0v) is 20.8. The molecule has 3 atom stereocenters. The Bertz CT molecular complexity index is 1050. The highest BCUT2D eigenvalue weighted by molar-refractivity contribution is 14.0. The van der Waals surface area contributed by atoms with Crippen LogP contribution in [0.1, 0.15) is 35.1 Å². The molecule has 0 aromatic heterocycles. The van der Waals surface area contributed by atoms with Gasteiger partial charge in [0.2, 0.25) is 0 Å². The zero-order valence-electron chi connectivity index (χ0n) is 17.7. The Hall–Kier alpha value is -1.61. The van der Waals surface area contributed by atoms with E-state index in [1.54, 1.807) is 6.07 Å². The van der Waals surface area contributed by atoms with Gasteiger partial charge in [-0.2, -0.15) is 0 Å². The first-order valence-corrected chi connectivity index (χ1v) is 12.2. The molecule has 0 bridgehead atoms. The fraction of sp³-hybridized carbons (Fsp3) is 0.435. The van der Waals surface area contributed by atoms with Crippen molar-refractivity contribution in [3.63, 3.8) is 0 Å². The first kappa shape index (κ1) is 23.1. The van der Waals surface area contributed by atoms with Crippen molar-refractivity contribution in [3.05, 3.63) is 64.7 Å². The van der Waals surface area contributed by atoms with Crippen LogP contribution in [-0.4, -0.2) is 33.7 Å². The molecular formula is C23H30IN3O2S. The van der Waals surface area contributed by atoms with Crippen molar-refractivity contribution < 1.29 is 8.42 Å². The van der Waals surface area contributed by atoms with E-state index in [9.17, 15) is 8.42 Å². The fourth-order valence-corrected chi connectivity index (χ4v) is 5.67. The van der Waals surface area contributed by atoms with E-state index < -0.39 is 9.84 Å². The Morgan fingerprint density at radius 3 is 2.63 bits per heavy atom. The molecule has 162 valence electrons. The lowest BCUT2D eigenvalue weighted by Crippen LogP contribution is -2.38. The molecule has 0 heterocycles. The normalized spacial score (nSPS) is 22.0. The summed E-state index contributed by atoms with van der Waals surface area (Å²) in [5.74, 6) is 2.97. The number of hydrogen-bond donors (Lipinski definition) is 2. The summed E-state index contributed by atoms with van der Waals surface area (Å²) < 4.78 is 23.6. The van der Waals surface area contributed by atoms with E-state index >= 15 is 0 Å². The molecule has 2 aliphatic rings. The predicted octanol–water partition coefficient (Wildman–Crippen LogP) is 3.66. The Morgan fingerprint density at radius 1 is 1.17 bits per heavy atom. The van der Waals surface area contributed by atoms with Crippen LogP contribution in [0.5, 0.6) is 0 Å². The molecule has 4 rings (SSSR count). The van der Waals surface area contributed by atoms with Crippen LogP contribution < -0.4 is 10.6 Å². The Balaban J connectivity index is 0.00000256. The number of aryl methyl sites for hydroxylation is 1. The molecule has 7 heteroatoms. The molecule has 0 radical (unpaired) electrons. The second-order valence-corrected chi connectivity index (χ2v) is 10.2. The number of sulfone groups is 1. The van der Waals surface area contributed by atoms with Crippen LogP contribution in [0.25, 0.3) is 0 Å². The van der Waals surface area contributed by atoms with Crippen molar-refractivity contribution in [2.75, 3.05) is 19.3 Å². The van der Waals surface area contributed by atoms with Gasteiger partial charge in [0.1, 0.15) is 0 Å². The van der Waals surface area contributed by atoms with E-state index in [0.717, 1.165) is 36.1 Å². The van der Waals surface area contributed by atoms with Crippen LogP contribution in [0.15, 0.2) is 52.4 Å². The van der Waals surface area contributed by atoms with E-state index in [1.165, 1.54) is 23.8 Å². The minimum Gasteiger partial charge on any atom is -0.357 e. The lowest BCUT2D eigenvalue weighted by Gasteiger charge is -2.13. The topological polar surface area (TPSA) is 70.6 Å². The summed E-state index contributed by atoms with van der Waals surface area (Å²) in [7, 11) is -3.19. The molecule has 1 fully saturated rings. The van der Waals surface area contributed by atoms with E-state index in [1.807, 2.05) is 19.1 Å². The summed E-state index contributed by atoms with van der Waals surface area (Å²) in [6, 6.07) is 14.3. The number of nitrogens with one attached hydrogen (secondary N) is 2. The van der Waals surface area contributed by atoms with Crippen molar-refractivity contribution >= 4 is 39.8 Å². The lowest BCUT2D eigenvalue weighted by molar-refractivity contribution is 0.601. The van der Waals surface area contributed by atoms with Gasteiger partial charge in [-0.25, -0.2) is 13.4 Å². The molecular weight excluding hydrogens is 509 g/mol. The maximum atomic E-state index is 11.8. The maximum absolute atomic E-state index is 11.8. The molecule has 0 spiro atoms. The number of fused-ring (bicyclic) bond motifs is 3. The minimum atomic E-state index is -3.19. The summed E-state index contributed by atoms with van der Waals surface area (Å²) in [5.41, 5.74) is 4.83. The standard InChI is InChI=1S/C23H29N3O2S.HI/c1-4-24-23(25-13-16-9-10-21(15(2)11-16)29(3,27)28)26-14-20-19-12-17-7-5-6-8-18(17)22(19)20;/h5-11,19-20,22H,4,12-14H2,1-3H3,(H2,24,25,26);1H. The second kappa shape index (κ2) is 9.26. The molecule has 3 unspecified atom stereocenters. The largest absolute Gasteiger partial charge is 0.357 e. The second-order valence-electron chi connectivity index (χ2n) is 8.20. The Kier molecular flexibility index (Phi) is 7.12. The van der Waals surface area contributed by atoms with Gasteiger partial charge in [-0.1, -0.05) is 36.4 Å². The SMILES string of the molecule is CCNC(=NCc1ccc(S(C)(=O)=O)c(C)c1)NCC1C2Cc3ccccc3C12.I. The molecule has 2 aromatic carbocycles. The van der Waals surface area contributed by atoms with Crippen LogP contribution in [-0.2, 0) is 22.8 Å². The molecule has 0 amide bonds. The third-order valence-corrected chi connectivity index (χ3v) is 7.37. The maximum Gasteiger partial charge on any atom is 0.191 e. The third kappa shape index (κ3) is 4.82. The van der Waals surface area contributed by atoms with Gasteiger partial charge in [0.25, 0.3) is 0 Å². The van der Waals surface area contributed by atoms with Gasteiger partial charge in [0.05, 0.1) is 11.4 Å². The first-order valence-electron chi connectivity index (χ1n) is 10.3. The smallest absolute Gasteiger partial charge is 0.191 e. The van der Waals surface area contributed by atoms with Crippen molar-refractivity contribution in [2.24, 2.45) is 16.8 Å². The van der Waals surface area contributed by atoms with Gasteiger partial charge in [-0.05, 0) is 66.3 Å². The van der Waals surface area contributed by atoms with Gasteiger partial charge in [0.15, 0.2) is 15.8 Å². The van der Waals surface area contributed by atoms with Crippen molar-refractivity contribution in [2.45, 2.75) is 37.6 Å². The van der Waals surface area contributed by atoms with E-state index in [0.29, 0.717) is 23.3 Å². The number of halogens is 1. The van der Waals surface area contributed by atoms with E-state index in [-0.39, 0.29) is 24.0 Å². The molecule has 0 aliphatic heterocycles. The molecule has 0 saturated heterocycles. The fourth-order valence-electron chi connectivity index (χ4n) is 4.71. The van der Waals surface area contributed by atoms with Crippen LogP contribution in [0.4, 0.5) is 0 Å². The molecule has 1 saturated carbocycles. The van der Waals surface area contributed by atoms with Crippen LogP contribution in [0.2, 0.25) is 0 Å². The molecule has 2 N–H and O–H groups in total. The van der Waals surface area contributed by atoms with Gasteiger partial charge in [0, 0.05) is 19.3 Å². The third-order valence-electron chi connectivity index (χ3n) is 6.11. The predicted molar refractivity (Wildman–Crippen MR) is 132 cm³/mol. The quantitative estimate of drug-likeness (QED) is 0.334. The number of aliphatic imine (C=N–C) groups is 1. The number of hydrogen-bond acceptors (Lipinski definition) is 3. The summed E-state index contributed by atoms with van der Waals surface area (Å²) in [4.78, 5) is 5.08. The summed E-state index contributed by atoms with van der Waals surface area (Å²) in [6.45, 7) is 6.14. The minimum absolute atomic E-state index is 0. The molecule has 2 aromatic rings. The highest BCUT2D eigenvalue weighted by atomic mass is 127. The summed E-state index contributed by atoms with van der Waals surface area (Å²) in [6.07, 6.45) is 2.44. The summed E-state index contributed by atoms with van der Waals surface area (Å²) in [5, 5.41) is 6.82. The van der Waals surface area contributed by atoms with Gasteiger partial charge in [-0.3, -0.25) is 0 Å². The summed E-state index contributed by atoms with van der Waals surface area (Å²) >= 11 is 0. The van der Waals surface area contributed by atoms with Crippen LogP contribution in [0.3, 0.4) is 0 Å². The number of guanidine groups is 1. The van der Waals surface area contributed by atoms with Crippen LogP contribution in [0, 0.1) is 18.8 Å². The van der Waals surface area contributed by atoms with Crippen molar-refractivity contribution in [1.82, 2.24) is 10.6 Å². The molecule has 2 aliphatic carbocycles. The lowest BCUT2D eigenvalue weighted by atomic mass is 10.0. The Labute approximate surface area is 196 Å². The van der Waals surface area contributed by atoms with Crippen molar-refractivity contribution in [1.29, 1.82) is 0 Å². The van der Waals surface area contributed by atoms with E-state index in [2.05, 4.69) is 41.8 Å². The van der Waals surface area contributed by atoms with E-state index in [4.69, 9.17) is 4.99 Å². The number of benzene rings is 2. The Morgan fingerprint density at radius 2 is 1.93 bits per heavy atom.